The monoisotopic (exact) mass is 296 g/mol. The molecule has 0 bridgehead atoms. The zero-order valence-corrected chi connectivity index (χ0v) is 11.7. The number of rotatable bonds is 5. The first kappa shape index (κ1) is 14.7. The van der Waals surface area contributed by atoms with Crippen LogP contribution in [0.5, 0.6) is 0 Å². The summed E-state index contributed by atoms with van der Waals surface area (Å²) < 4.78 is 26.1. The first-order chi connectivity index (χ1) is 7.88. The lowest BCUT2D eigenvalue weighted by molar-refractivity contribution is 0.579. The summed E-state index contributed by atoms with van der Waals surface area (Å²) in [6.45, 7) is 2.45. The Balaban J connectivity index is 2.99. The number of sulfonamides is 1. The molecule has 0 heterocycles. The molecule has 0 unspecified atom stereocenters. The third-order valence-electron chi connectivity index (χ3n) is 2.24. The van der Waals surface area contributed by atoms with Crippen molar-refractivity contribution in [1.29, 1.82) is 0 Å². The molecule has 1 aromatic rings. The van der Waals surface area contributed by atoms with Crippen LogP contribution in [-0.4, -0.2) is 21.5 Å². The predicted octanol–water partition coefficient (Wildman–Crippen LogP) is 1.93. The van der Waals surface area contributed by atoms with E-state index in [1.165, 1.54) is 12.1 Å². The van der Waals surface area contributed by atoms with Gasteiger partial charge in [0.25, 0.3) is 0 Å². The van der Waals surface area contributed by atoms with E-state index in [4.69, 9.17) is 28.9 Å². The van der Waals surface area contributed by atoms with Crippen molar-refractivity contribution >= 4 is 33.2 Å². The molecule has 0 aliphatic rings. The number of benzene rings is 1. The van der Waals surface area contributed by atoms with E-state index >= 15 is 0 Å². The maximum absolute atomic E-state index is 11.9. The van der Waals surface area contributed by atoms with Crippen molar-refractivity contribution in [3.63, 3.8) is 0 Å². The molecule has 0 amide bonds. The number of halogens is 2. The Bertz CT molecular complexity index is 480. The molecule has 0 radical (unpaired) electrons. The van der Waals surface area contributed by atoms with Gasteiger partial charge in [-0.2, -0.15) is 0 Å². The smallest absolute Gasteiger partial charge is 0.240 e. The number of hydrogen-bond donors (Lipinski definition) is 2. The highest BCUT2D eigenvalue weighted by atomic mass is 35.5. The Kier molecular flexibility index (Phi) is 5.22. The van der Waals surface area contributed by atoms with Crippen molar-refractivity contribution in [3.05, 3.63) is 27.7 Å². The van der Waals surface area contributed by atoms with Crippen molar-refractivity contribution in [3.8, 4) is 0 Å². The van der Waals surface area contributed by atoms with Gasteiger partial charge in [0.15, 0.2) is 0 Å². The van der Waals surface area contributed by atoms with Crippen LogP contribution in [0.25, 0.3) is 0 Å². The van der Waals surface area contributed by atoms with E-state index in [9.17, 15) is 8.42 Å². The summed E-state index contributed by atoms with van der Waals surface area (Å²) in [5.41, 5.74) is 5.95. The van der Waals surface area contributed by atoms with Gasteiger partial charge in [-0.05, 0) is 37.6 Å². The topological polar surface area (TPSA) is 72.2 Å². The lowest BCUT2D eigenvalue weighted by atomic mass is 10.2. The molecule has 3 N–H and O–H groups in total. The second-order valence-corrected chi connectivity index (χ2v) is 6.13. The standard InChI is InChI=1S/C10H14Cl2N2O2S/c1-7-9(11)5-8(6-10(7)12)17(15,16)14-4-2-3-13/h5-6,14H,2-4,13H2,1H3. The third-order valence-corrected chi connectivity index (χ3v) is 4.46. The Hall–Kier alpha value is -0.330. The van der Waals surface area contributed by atoms with Crippen LogP contribution < -0.4 is 10.5 Å². The summed E-state index contributed by atoms with van der Waals surface area (Å²) in [6, 6.07) is 2.76. The second kappa shape index (κ2) is 6.02. The Morgan fingerprint density at radius 2 is 1.82 bits per heavy atom. The minimum Gasteiger partial charge on any atom is -0.330 e. The van der Waals surface area contributed by atoms with Crippen molar-refractivity contribution in [2.75, 3.05) is 13.1 Å². The van der Waals surface area contributed by atoms with Gasteiger partial charge in [-0.15, -0.1) is 0 Å². The first-order valence-electron chi connectivity index (χ1n) is 5.04. The number of nitrogens with two attached hydrogens (primary N) is 1. The van der Waals surface area contributed by atoms with E-state index in [0.717, 1.165) is 0 Å². The van der Waals surface area contributed by atoms with Crippen LogP contribution in [-0.2, 0) is 10.0 Å². The zero-order valence-electron chi connectivity index (χ0n) is 9.33. The van der Waals surface area contributed by atoms with Crippen molar-refractivity contribution in [2.24, 2.45) is 5.73 Å². The van der Waals surface area contributed by atoms with Crippen molar-refractivity contribution in [1.82, 2.24) is 4.72 Å². The summed E-state index contributed by atoms with van der Waals surface area (Å²) in [5, 5.41) is 0.661. The quantitative estimate of drug-likeness (QED) is 0.816. The Morgan fingerprint density at radius 1 is 1.29 bits per heavy atom. The van der Waals surface area contributed by atoms with Crippen molar-refractivity contribution in [2.45, 2.75) is 18.2 Å². The molecule has 0 saturated heterocycles. The molecule has 0 aromatic heterocycles. The normalized spacial score (nSPS) is 11.8. The molecule has 0 atom stereocenters. The Morgan fingerprint density at radius 3 is 2.29 bits per heavy atom. The number of nitrogens with one attached hydrogen (secondary N) is 1. The van der Waals surface area contributed by atoms with E-state index in [2.05, 4.69) is 4.72 Å². The molecular formula is C10H14Cl2N2O2S. The maximum atomic E-state index is 11.9. The van der Waals surface area contributed by atoms with Crippen LogP contribution in [0.3, 0.4) is 0 Å². The maximum Gasteiger partial charge on any atom is 0.240 e. The molecular weight excluding hydrogens is 283 g/mol. The minimum atomic E-state index is -3.57. The van der Waals surface area contributed by atoms with E-state index in [0.29, 0.717) is 35.1 Å². The summed E-state index contributed by atoms with van der Waals surface area (Å²) in [5.74, 6) is 0. The van der Waals surface area contributed by atoms with Gasteiger partial charge in [-0.25, -0.2) is 13.1 Å². The average molecular weight is 297 g/mol. The van der Waals surface area contributed by atoms with Gasteiger partial charge >= 0.3 is 0 Å². The molecule has 0 aliphatic heterocycles. The number of hydrogen-bond acceptors (Lipinski definition) is 3. The van der Waals surface area contributed by atoms with Gasteiger partial charge in [0, 0.05) is 16.6 Å². The lowest BCUT2D eigenvalue weighted by Gasteiger charge is -2.08. The van der Waals surface area contributed by atoms with Crippen LogP contribution in [0.4, 0.5) is 0 Å². The van der Waals surface area contributed by atoms with Crippen molar-refractivity contribution < 1.29 is 8.42 Å². The fraction of sp³-hybridized carbons (Fsp3) is 0.400. The van der Waals surface area contributed by atoms with E-state index < -0.39 is 10.0 Å². The molecule has 0 aliphatic carbocycles. The largest absolute Gasteiger partial charge is 0.330 e. The highest BCUT2D eigenvalue weighted by Gasteiger charge is 2.16. The van der Waals surface area contributed by atoms with E-state index in [-0.39, 0.29) is 4.90 Å². The van der Waals surface area contributed by atoms with Gasteiger partial charge in [0.2, 0.25) is 10.0 Å². The first-order valence-corrected chi connectivity index (χ1v) is 7.28. The molecule has 1 rings (SSSR count). The summed E-state index contributed by atoms with van der Waals surface area (Å²) in [6.07, 6.45) is 0.576. The Labute approximate surface area is 111 Å². The van der Waals surface area contributed by atoms with E-state index in [1.807, 2.05) is 0 Å². The van der Waals surface area contributed by atoms with Crippen LogP contribution in [0.15, 0.2) is 17.0 Å². The molecule has 7 heteroatoms. The molecule has 0 saturated carbocycles. The molecule has 17 heavy (non-hydrogen) atoms. The molecule has 1 aromatic carbocycles. The van der Waals surface area contributed by atoms with Crippen LogP contribution in [0, 0.1) is 6.92 Å². The van der Waals surface area contributed by atoms with Crippen LogP contribution in [0.2, 0.25) is 10.0 Å². The zero-order chi connectivity index (χ0) is 13.1. The summed E-state index contributed by atoms with van der Waals surface area (Å²) in [7, 11) is -3.57. The van der Waals surface area contributed by atoms with Gasteiger partial charge in [0.05, 0.1) is 4.90 Å². The second-order valence-electron chi connectivity index (χ2n) is 3.55. The average Bonchev–Trinajstić information content (AvgIpc) is 2.25. The molecule has 0 spiro atoms. The highest BCUT2D eigenvalue weighted by Crippen LogP contribution is 2.27. The molecule has 96 valence electrons. The van der Waals surface area contributed by atoms with Crippen LogP contribution >= 0.6 is 23.2 Å². The lowest BCUT2D eigenvalue weighted by Crippen LogP contribution is -2.26. The van der Waals surface area contributed by atoms with Gasteiger partial charge < -0.3 is 5.73 Å². The van der Waals surface area contributed by atoms with E-state index in [1.54, 1.807) is 6.92 Å². The fourth-order valence-corrected chi connectivity index (χ4v) is 2.91. The fourth-order valence-electron chi connectivity index (χ4n) is 1.17. The van der Waals surface area contributed by atoms with Gasteiger partial charge in [0.1, 0.15) is 0 Å². The predicted molar refractivity (Wildman–Crippen MR) is 70.1 cm³/mol. The van der Waals surface area contributed by atoms with Gasteiger partial charge in [-0.3, -0.25) is 0 Å². The summed E-state index contributed by atoms with van der Waals surface area (Å²) >= 11 is 11.8. The minimum absolute atomic E-state index is 0.0649. The SMILES string of the molecule is Cc1c(Cl)cc(S(=O)(=O)NCCCN)cc1Cl. The highest BCUT2D eigenvalue weighted by molar-refractivity contribution is 7.89. The van der Waals surface area contributed by atoms with Gasteiger partial charge in [-0.1, -0.05) is 23.2 Å². The summed E-state index contributed by atoms with van der Waals surface area (Å²) in [4.78, 5) is 0.0649. The third kappa shape index (κ3) is 3.82. The molecule has 4 nitrogen and oxygen atoms in total. The van der Waals surface area contributed by atoms with Crippen LogP contribution in [0.1, 0.15) is 12.0 Å². The molecule has 0 fully saturated rings.